The molecule has 9 heteroatoms. The third-order valence-corrected chi connectivity index (χ3v) is 5.78. The number of hydrogen-bond donors (Lipinski definition) is 1. The third kappa shape index (κ3) is 5.71. The molecule has 178 valence electrons. The molecule has 0 aromatic heterocycles. The van der Waals surface area contributed by atoms with Gasteiger partial charge in [0.25, 0.3) is 0 Å². The molecule has 0 saturated carbocycles. The molecule has 0 spiro atoms. The summed E-state index contributed by atoms with van der Waals surface area (Å²) in [5.74, 6) is -0.605. The van der Waals surface area contributed by atoms with Gasteiger partial charge in [0.2, 0.25) is 23.6 Å². The first-order valence-corrected chi connectivity index (χ1v) is 11.3. The van der Waals surface area contributed by atoms with E-state index in [-0.39, 0.29) is 55.0 Å². The number of likely N-dealkylation sites (tertiary alicyclic amines) is 1. The Morgan fingerprint density at radius 2 is 1.64 bits per heavy atom. The maximum atomic E-state index is 12.5. The Bertz CT molecular complexity index is 918. The van der Waals surface area contributed by atoms with Crippen LogP contribution in [0.1, 0.15) is 33.1 Å². The number of ether oxygens (including phenoxy) is 2. The monoisotopic (exact) mass is 457 g/mol. The van der Waals surface area contributed by atoms with Crippen LogP contribution in [0, 0.1) is 11.8 Å². The minimum atomic E-state index is -0.372. The number of hydrogen-bond acceptors (Lipinski definition) is 6. The van der Waals surface area contributed by atoms with Gasteiger partial charge >= 0.3 is 0 Å². The lowest BCUT2D eigenvalue weighted by Crippen LogP contribution is -2.38. The summed E-state index contributed by atoms with van der Waals surface area (Å²) in [5.41, 5.74) is 0.525. The number of likely N-dealkylation sites (N-methyl/N-ethyl adjacent to an activating group) is 1. The van der Waals surface area contributed by atoms with Crippen LogP contribution >= 0.6 is 0 Å². The summed E-state index contributed by atoms with van der Waals surface area (Å²) in [6, 6.07) is 5.09. The number of fused-ring (bicyclic) bond motifs is 1. The summed E-state index contributed by atoms with van der Waals surface area (Å²) < 4.78 is 11.1. The molecule has 1 fully saturated rings. The largest absolute Gasteiger partial charge is 0.490 e. The molecule has 4 amide bonds. The average molecular weight is 458 g/mol. The van der Waals surface area contributed by atoms with E-state index in [1.54, 1.807) is 18.2 Å². The van der Waals surface area contributed by atoms with E-state index in [9.17, 15) is 19.2 Å². The maximum absolute atomic E-state index is 12.5. The molecule has 3 rings (SSSR count). The Hall–Kier alpha value is -3.36. The standard InChI is InChI=1S/C24H31N3O6/c1-4-32-19-11-10-16(14-20(19)33-5-2)25-21(28)15-26(3)22(29)12-13-27-23(30)17-8-6-7-9-18(17)24(27)31/h6-7,10-11,14,17-18H,4-5,8-9,12-13,15H2,1-3H3,(H,25,28)/t17-,18-/m0/s1. The Labute approximate surface area is 193 Å². The number of anilines is 1. The van der Waals surface area contributed by atoms with Gasteiger partial charge in [-0.25, -0.2) is 0 Å². The maximum Gasteiger partial charge on any atom is 0.243 e. The predicted octanol–water partition coefficient (Wildman–Crippen LogP) is 2.22. The number of nitrogens with one attached hydrogen (secondary N) is 1. The van der Waals surface area contributed by atoms with Gasteiger partial charge < -0.3 is 19.7 Å². The van der Waals surface area contributed by atoms with Crippen LogP contribution in [0.4, 0.5) is 5.69 Å². The molecule has 9 nitrogen and oxygen atoms in total. The number of amides is 4. The fraction of sp³-hybridized carbons (Fsp3) is 0.500. The molecule has 0 radical (unpaired) electrons. The van der Waals surface area contributed by atoms with E-state index in [2.05, 4.69) is 5.32 Å². The van der Waals surface area contributed by atoms with Crippen molar-refractivity contribution in [3.63, 3.8) is 0 Å². The van der Waals surface area contributed by atoms with Crippen molar-refractivity contribution in [2.24, 2.45) is 11.8 Å². The van der Waals surface area contributed by atoms with Crippen LogP contribution in [0.15, 0.2) is 30.4 Å². The van der Waals surface area contributed by atoms with E-state index in [4.69, 9.17) is 9.47 Å². The van der Waals surface area contributed by atoms with Crippen molar-refractivity contribution in [1.82, 2.24) is 9.80 Å². The van der Waals surface area contributed by atoms with Crippen molar-refractivity contribution in [2.75, 3.05) is 38.7 Å². The van der Waals surface area contributed by atoms with Crippen LogP contribution in [0.2, 0.25) is 0 Å². The summed E-state index contributed by atoms with van der Waals surface area (Å²) in [6.45, 7) is 4.55. The Kier molecular flexibility index (Phi) is 8.08. The van der Waals surface area contributed by atoms with E-state index >= 15 is 0 Å². The number of allylic oxidation sites excluding steroid dienone is 2. The zero-order valence-electron chi connectivity index (χ0n) is 19.3. The number of imide groups is 1. The number of carbonyl (C=O) groups excluding carboxylic acids is 4. The van der Waals surface area contributed by atoms with Gasteiger partial charge in [-0.15, -0.1) is 0 Å². The fourth-order valence-corrected chi connectivity index (χ4v) is 4.12. The molecule has 1 N–H and O–H groups in total. The van der Waals surface area contributed by atoms with Gasteiger partial charge in [-0.05, 0) is 38.8 Å². The van der Waals surface area contributed by atoms with Crippen LogP contribution in [0.25, 0.3) is 0 Å². The van der Waals surface area contributed by atoms with Crippen LogP contribution in [0.3, 0.4) is 0 Å². The van der Waals surface area contributed by atoms with E-state index in [0.29, 0.717) is 43.2 Å². The van der Waals surface area contributed by atoms with Gasteiger partial charge in [-0.2, -0.15) is 0 Å². The number of benzene rings is 1. The molecule has 2 aliphatic rings. The van der Waals surface area contributed by atoms with Crippen molar-refractivity contribution in [3.05, 3.63) is 30.4 Å². The lowest BCUT2D eigenvalue weighted by atomic mass is 9.85. The molecule has 33 heavy (non-hydrogen) atoms. The molecule has 1 saturated heterocycles. The summed E-state index contributed by atoms with van der Waals surface area (Å²) in [7, 11) is 1.52. The van der Waals surface area contributed by atoms with Crippen molar-refractivity contribution in [2.45, 2.75) is 33.1 Å². The lowest BCUT2D eigenvalue weighted by molar-refractivity contribution is -0.141. The van der Waals surface area contributed by atoms with Crippen LogP contribution in [-0.4, -0.2) is 66.8 Å². The summed E-state index contributed by atoms with van der Waals surface area (Å²) in [5, 5.41) is 2.75. The van der Waals surface area contributed by atoms with Gasteiger partial charge in [-0.1, -0.05) is 12.2 Å². The topological polar surface area (TPSA) is 105 Å². The zero-order chi connectivity index (χ0) is 24.0. The second kappa shape index (κ2) is 11.0. The van der Waals surface area contributed by atoms with Crippen LogP contribution < -0.4 is 14.8 Å². The van der Waals surface area contributed by atoms with Gasteiger partial charge in [-0.3, -0.25) is 24.1 Å². The SMILES string of the molecule is CCOc1ccc(NC(=O)CN(C)C(=O)CCN2C(=O)[C@H]3CC=CC[C@@H]3C2=O)cc1OCC. The quantitative estimate of drug-likeness (QED) is 0.427. The molecule has 1 aromatic rings. The van der Waals surface area contributed by atoms with Crippen LogP contribution in [0.5, 0.6) is 11.5 Å². The highest BCUT2D eigenvalue weighted by Crippen LogP contribution is 2.35. The van der Waals surface area contributed by atoms with Gasteiger partial charge in [0, 0.05) is 31.8 Å². The van der Waals surface area contributed by atoms with E-state index in [1.165, 1.54) is 16.8 Å². The normalized spacial score (nSPS) is 19.3. The van der Waals surface area contributed by atoms with Crippen molar-refractivity contribution in [1.29, 1.82) is 0 Å². The Morgan fingerprint density at radius 1 is 1.03 bits per heavy atom. The first-order chi connectivity index (χ1) is 15.8. The van der Waals surface area contributed by atoms with E-state index < -0.39 is 0 Å². The first-order valence-electron chi connectivity index (χ1n) is 11.3. The van der Waals surface area contributed by atoms with E-state index in [0.717, 1.165) is 0 Å². The number of nitrogens with zero attached hydrogens (tertiary/aromatic N) is 2. The minimum absolute atomic E-state index is 0.0222. The highest BCUT2D eigenvalue weighted by molar-refractivity contribution is 6.05. The molecule has 1 heterocycles. The number of rotatable bonds is 10. The van der Waals surface area contributed by atoms with Crippen molar-refractivity contribution in [3.8, 4) is 11.5 Å². The molecular weight excluding hydrogens is 426 g/mol. The lowest BCUT2D eigenvalue weighted by Gasteiger charge is -2.19. The molecule has 2 atom stereocenters. The van der Waals surface area contributed by atoms with Crippen molar-refractivity contribution >= 4 is 29.3 Å². The average Bonchev–Trinajstić information content (AvgIpc) is 3.04. The molecule has 0 bridgehead atoms. The van der Waals surface area contributed by atoms with Gasteiger partial charge in [0.05, 0.1) is 31.6 Å². The molecule has 1 aromatic carbocycles. The predicted molar refractivity (Wildman–Crippen MR) is 122 cm³/mol. The smallest absolute Gasteiger partial charge is 0.243 e. The van der Waals surface area contributed by atoms with Crippen LogP contribution in [-0.2, 0) is 19.2 Å². The minimum Gasteiger partial charge on any atom is -0.490 e. The highest BCUT2D eigenvalue weighted by Gasteiger charge is 2.46. The zero-order valence-corrected chi connectivity index (χ0v) is 19.3. The fourth-order valence-electron chi connectivity index (χ4n) is 4.12. The van der Waals surface area contributed by atoms with Gasteiger partial charge in [0.15, 0.2) is 11.5 Å². The molecule has 1 aliphatic carbocycles. The third-order valence-electron chi connectivity index (χ3n) is 5.78. The Morgan fingerprint density at radius 3 is 2.24 bits per heavy atom. The van der Waals surface area contributed by atoms with Crippen molar-refractivity contribution < 1.29 is 28.7 Å². The molecular formula is C24H31N3O6. The second-order valence-electron chi connectivity index (χ2n) is 8.06. The molecule has 0 unspecified atom stereocenters. The Balaban J connectivity index is 1.50. The summed E-state index contributed by atoms with van der Waals surface area (Å²) >= 11 is 0. The van der Waals surface area contributed by atoms with Gasteiger partial charge in [0.1, 0.15) is 0 Å². The molecule has 1 aliphatic heterocycles. The summed E-state index contributed by atoms with van der Waals surface area (Å²) in [6.07, 6.45) is 4.96. The summed E-state index contributed by atoms with van der Waals surface area (Å²) in [4.78, 5) is 52.5. The highest BCUT2D eigenvalue weighted by atomic mass is 16.5. The second-order valence-corrected chi connectivity index (χ2v) is 8.06. The first kappa shape index (κ1) is 24.3. The van der Waals surface area contributed by atoms with E-state index in [1.807, 2.05) is 26.0 Å². The number of carbonyl (C=O) groups is 4.